The van der Waals surface area contributed by atoms with Gasteiger partial charge in [0.1, 0.15) is 5.70 Å². The number of carbonyl (C=O) groups is 3. The summed E-state index contributed by atoms with van der Waals surface area (Å²) >= 11 is 6.71. The van der Waals surface area contributed by atoms with Gasteiger partial charge in [0.05, 0.1) is 36.2 Å². The minimum atomic E-state index is -0.698. The fourth-order valence-electron chi connectivity index (χ4n) is 4.37. The highest BCUT2D eigenvalue weighted by Crippen LogP contribution is 2.40. The van der Waals surface area contributed by atoms with E-state index in [1.807, 2.05) is 42.2 Å². The molecule has 1 saturated heterocycles. The molecule has 2 aliphatic heterocycles. The lowest BCUT2D eigenvalue weighted by Crippen LogP contribution is -2.49. The highest BCUT2D eigenvalue weighted by molar-refractivity contribution is 6.34. The monoisotopic (exact) mass is 521 g/mol. The van der Waals surface area contributed by atoms with Gasteiger partial charge < -0.3 is 24.2 Å². The lowest BCUT2D eigenvalue weighted by Gasteiger charge is -2.38. The van der Waals surface area contributed by atoms with Crippen molar-refractivity contribution in [3.05, 3.63) is 94.3 Å². The second kappa shape index (κ2) is 11.3. The number of methoxy groups -OCH3 is 2. The first-order valence-electron chi connectivity index (χ1n) is 11.8. The van der Waals surface area contributed by atoms with Crippen molar-refractivity contribution in [1.82, 2.24) is 4.90 Å². The number of nitrogens with zero attached hydrogens (tertiary/aromatic N) is 3. The zero-order valence-electron chi connectivity index (χ0n) is 20.9. The van der Waals surface area contributed by atoms with Gasteiger partial charge in [-0.05, 0) is 43.3 Å². The van der Waals surface area contributed by atoms with Crippen LogP contribution in [0.1, 0.15) is 15.9 Å². The maximum absolute atomic E-state index is 13.0. The third kappa shape index (κ3) is 5.39. The first-order chi connectivity index (χ1) is 17.8. The number of piperazine rings is 1. The van der Waals surface area contributed by atoms with Crippen LogP contribution >= 0.6 is 11.6 Å². The number of anilines is 2. The van der Waals surface area contributed by atoms with Gasteiger partial charge in [-0.1, -0.05) is 41.4 Å². The molecule has 0 saturated carbocycles. The van der Waals surface area contributed by atoms with Crippen molar-refractivity contribution in [2.75, 3.05) is 50.2 Å². The van der Waals surface area contributed by atoms with E-state index in [1.54, 1.807) is 35.4 Å². The number of halogens is 1. The second-order valence-corrected chi connectivity index (χ2v) is 8.98. The fourth-order valence-corrected chi connectivity index (χ4v) is 4.66. The summed E-state index contributed by atoms with van der Waals surface area (Å²) in [5.41, 5.74) is 3.09. The summed E-state index contributed by atoms with van der Waals surface area (Å²) in [5, 5.41) is 0.477. The van der Waals surface area contributed by atoms with E-state index in [9.17, 15) is 14.4 Å². The summed E-state index contributed by atoms with van der Waals surface area (Å²) in [5.74, 6) is -1.38. The van der Waals surface area contributed by atoms with Crippen molar-refractivity contribution >= 4 is 40.8 Å². The van der Waals surface area contributed by atoms with Gasteiger partial charge in [-0.3, -0.25) is 4.79 Å². The summed E-state index contributed by atoms with van der Waals surface area (Å²) in [6.45, 7) is 4.05. The van der Waals surface area contributed by atoms with Crippen LogP contribution in [-0.4, -0.2) is 63.1 Å². The average molecular weight is 522 g/mol. The zero-order chi connectivity index (χ0) is 26.5. The molecular weight excluding hydrogens is 494 g/mol. The van der Waals surface area contributed by atoms with Crippen molar-refractivity contribution < 1.29 is 23.9 Å². The van der Waals surface area contributed by atoms with Gasteiger partial charge in [-0.2, -0.15) is 0 Å². The van der Waals surface area contributed by atoms with E-state index in [4.69, 9.17) is 21.1 Å². The van der Waals surface area contributed by atoms with Gasteiger partial charge in [0.25, 0.3) is 5.91 Å². The van der Waals surface area contributed by atoms with E-state index >= 15 is 0 Å². The van der Waals surface area contributed by atoms with Gasteiger partial charge in [-0.15, -0.1) is 0 Å². The van der Waals surface area contributed by atoms with Crippen LogP contribution in [0.15, 0.2) is 78.2 Å². The van der Waals surface area contributed by atoms with Crippen LogP contribution in [0.5, 0.6) is 0 Å². The number of rotatable bonds is 5. The summed E-state index contributed by atoms with van der Waals surface area (Å²) in [7, 11) is 2.51. The Kier molecular flexibility index (Phi) is 7.98. The Morgan fingerprint density at radius 3 is 2.19 bits per heavy atom. The average Bonchev–Trinajstić information content (AvgIpc) is 3.15. The van der Waals surface area contributed by atoms with E-state index in [-0.39, 0.29) is 17.2 Å². The second-order valence-electron chi connectivity index (χ2n) is 8.57. The standard InChI is InChI=1S/C28H28ClN3O5/c1-19-10-12-20(13-11-19)26(33)31-17-15-30(16-18-31)25-22(29)8-6-9-23(25)32-14-5-4-7-21(27(34)36-2)24(32)28(35)37-3/h4-14H,15-18H2,1-3H3. The van der Waals surface area contributed by atoms with Crippen LogP contribution in [-0.2, 0) is 19.1 Å². The fraction of sp³-hybridized carbons (Fsp3) is 0.250. The predicted octanol–water partition coefficient (Wildman–Crippen LogP) is 4.10. The summed E-state index contributed by atoms with van der Waals surface area (Å²) in [4.78, 5) is 43.9. The molecule has 37 heavy (non-hydrogen) atoms. The number of para-hydroxylation sites is 1. The molecule has 4 rings (SSSR count). The molecule has 2 aromatic rings. The lowest BCUT2D eigenvalue weighted by atomic mass is 10.1. The van der Waals surface area contributed by atoms with E-state index in [2.05, 4.69) is 4.90 Å². The van der Waals surface area contributed by atoms with Gasteiger partial charge in [0.15, 0.2) is 0 Å². The largest absolute Gasteiger partial charge is 0.465 e. The van der Waals surface area contributed by atoms with Crippen LogP contribution in [0.3, 0.4) is 0 Å². The molecule has 192 valence electrons. The molecule has 2 aliphatic rings. The first-order valence-corrected chi connectivity index (χ1v) is 12.2. The Hall–Kier alpha value is -4.04. The molecule has 0 aliphatic carbocycles. The van der Waals surface area contributed by atoms with Gasteiger partial charge in [-0.25, -0.2) is 9.59 Å². The normalized spacial score (nSPS) is 15.5. The smallest absolute Gasteiger partial charge is 0.355 e. The van der Waals surface area contributed by atoms with Crippen molar-refractivity contribution in [3.63, 3.8) is 0 Å². The molecule has 0 spiro atoms. The number of aryl methyl sites for hydroxylation is 1. The SMILES string of the molecule is COC(=O)C1=C(C(=O)OC)N(c2cccc(Cl)c2N2CCN(C(=O)c3ccc(C)cc3)CC2)C=CC=C1. The number of amides is 1. The molecular formula is C28H28ClN3O5. The molecule has 2 aromatic carbocycles. The van der Waals surface area contributed by atoms with E-state index in [1.165, 1.54) is 20.3 Å². The topological polar surface area (TPSA) is 79.4 Å². The molecule has 0 N–H and O–H groups in total. The number of benzene rings is 2. The van der Waals surface area contributed by atoms with Crippen molar-refractivity contribution in [1.29, 1.82) is 0 Å². The number of ether oxygens (including phenoxy) is 2. The van der Waals surface area contributed by atoms with Crippen LogP contribution in [0.2, 0.25) is 5.02 Å². The first kappa shape index (κ1) is 26.0. The minimum absolute atomic E-state index is 0.0102. The molecule has 0 atom stereocenters. The third-order valence-corrected chi connectivity index (χ3v) is 6.60. The molecule has 0 aromatic heterocycles. The molecule has 8 nitrogen and oxygen atoms in total. The maximum atomic E-state index is 13.0. The van der Waals surface area contributed by atoms with Crippen molar-refractivity contribution in [2.24, 2.45) is 0 Å². The molecule has 9 heteroatoms. The predicted molar refractivity (Wildman–Crippen MR) is 143 cm³/mol. The van der Waals surface area contributed by atoms with Crippen LogP contribution < -0.4 is 9.80 Å². The quantitative estimate of drug-likeness (QED) is 0.548. The zero-order valence-corrected chi connectivity index (χ0v) is 21.7. The lowest BCUT2D eigenvalue weighted by molar-refractivity contribution is -0.139. The maximum Gasteiger partial charge on any atom is 0.355 e. The van der Waals surface area contributed by atoms with Gasteiger partial charge >= 0.3 is 11.9 Å². The van der Waals surface area contributed by atoms with Crippen molar-refractivity contribution in [3.8, 4) is 0 Å². The Balaban J connectivity index is 1.66. The Morgan fingerprint density at radius 1 is 0.865 bits per heavy atom. The summed E-state index contributed by atoms with van der Waals surface area (Å²) in [6, 6.07) is 12.9. The van der Waals surface area contributed by atoms with Gasteiger partial charge in [0, 0.05) is 37.9 Å². The van der Waals surface area contributed by atoms with E-state index < -0.39 is 11.9 Å². The Morgan fingerprint density at radius 2 is 1.54 bits per heavy atom. The highest BCUT2D eigenvalue weighted by Gasteiger charge is 2.31. The summed E-state index contributed by atoms with van der Waals surface area (Å²) in [6.07, 6.45) is 6.54. The van der Waals surface area contributed by atoms with Crippen LogP contribution in [0.25, 0.3) is 0 Å². The molecule has 0 bridgehead atoms. The number of allylic oxidation sites excluding steroid dienone is 2. The van der Waals surface area contributed by atoms with E-state index in [0.29, 0.717) is 48.1 Å². The molecule has 0 radical (unpaired) electrons. The van der Waals surface area contributed by atoms with Crippen molar-refractivity contribution in [2.45, 2.75) is 6.92 Å². The Bertz CT molecular complexity index is 1290. The Labute approximate surface area is 221 Å². The molecule has 1 amide bonds. The minimum Gasteiger partial charge on any atom is -0.465 e. The number of carbonyl (C=O) groups excluding carboxylic acids is 3. The summed E-state index contributed by atoms with van der Waals surface area (Å²) < 4.78 is 9.94. The number of esters is 2. The highest BCUT2D eigenvalue weighted by atomic mass is 35.5. The molecule has 1 fully saturated rings. The van der Waals surface area contributed by atoms with Gasteiger partial charge in [0.2, 0.25) is 0 Å². The number of hydrogen-bond donors (Lipinski definition) is 0. The van der Waals surface area contributed by atoms with Crippen LogP contribution in [0, 0.1) is 6.92 Å². The third-order valence-electron chi connectivity index (χ3n) is 6.30. The molecule has 0 unspecified atom stereocenters. The van der Waals surface area contributed by atoms with E-state index in [0.717, 1.165) is 5.56 Å². The molecule has 2 heterocycles. The van der Waals surface area contributed by atoms with Crippen LogP contribution in [0.4, 0.5) is 11.4 Å². The number of hydrogen-bond acceptors (Lipinski definition) is 7.